The Morgan fingerprint density at radius 2 is 1.81 bits per heavy atom. The maximum Gasteiger partial charge on any atom is 0.293 e. The molecule has 2 heterocycles. The molecular weight excluding hydrogens is 436 g/mol. The van der Waals surface area contributed by atoms with Crippen LogP contribution in [0.3, 0.4) is 0 Å². The van der Waals surface area contributed by atoms with Crippen molar-refractivity contribution in [1.29, 1.82) is 0 Å². The second-order valence-corrected chi connectivity index (χ2v) is 9.93. The van der Waals surface area contributed by atoms with Crippen LogP contribution in [0.15, 0.2) is 47.4 Å². The summed E-state index contributed by atoms with van der Waals surface area (Å²) in [6, 6.07) is 11.4. The Balaban J connectivity index is 1.54. The van der Waals surface area contributed by atoms with E-state index in [9.17, 15) is 18.5 Å². The van der Waals surface area contributed by atoms with Gasteiger partial charge in [-0.3, -0.25) is 10.1 Å². The van der Waals surface area contributed by atoms with Gasteiger partial charge in [0.2, 0.25) is 10.0 Å². The van der Waals surface area contributed by atoms with Gasteiger partial charge in [-0.05, 0) is 31.3 Å². The van der Waals surface area contributed by atoms with Gasteiger partial charge in [0.25, 0.3) is 5.69 Å². The minimum atomic E-state index is -3.81. The Hall–Kier alpha value is -2.89. The fraction of sp³-hybridized carbons (Fsp3) is 0.429. The molecule has 2 aromatic rings. The van der Waals surface area contributed by atoms with Gasteiger partial charge in [-0.2, -0.15) is 4.31 Å². The van der Waals surface area contributed by atoms with Crippen molar-refractivity contribution in [3.05, 3.63) is 52.6 Å². The van der Waals surface area contributed by atoms with Crippen molar-refractivity contribution in [2.45, 2.75) is 11.0 Å². The molecule has 0 radical (unpaired) electrons. The molecule has 4 rings (SSSR count). The number of fused-ring (bicyclic) bond motifs is 1. The number of nitrogens with zero attached hydrogens (tertiary/aromatic N) is 4. The topological polar surface area (TPSA) is 105 Å². The molecule has 11 heteroatoms. The van der Waals surface area contributed by atoms with E-state index in [0.29, 0.717) is 56.5 Å². The van der Waals surface area contributed by atoms with E-state index in [1.165, 1.54) is 16.4 Å². The number of benzene rings is 2. The molecule has 0 bridgehead atoms. The molecule has 2 aromatic carbocycles. The van der Waals surface area contributed by atoms with Gasteiger partial charge in [-0.25, -0.2) is 8.42 Å². The summed E-state index contributed by atoms with van der Waals surface area (Å²) in [5, 5.41) is 11.8. The van der Waals surface area contributed by atoms with Gasteiger partial charge in [-0.15, -0.1) is 0 Å². The minimum absolute atomic E-state index is 0.0721. The highest BCUT2D eigenvalue weighted by Gasteiger charge is 2.31. The molecule has 1 fully saturated rings. The van der Waals surface area contributed by atoms with Gasteiger partial charge >= 0.3 is 0 Å². The zero-order chi connectivity index (χ0) is 22.9. The van der Waals surface area contributed by atoms with Crippen LogP contribution in [0.2, 0.25) is 0 Å². The molecule has 0 unspecified atom stereocenters. The number of hydrogen-bond acceptors (Lipinski definition) is 8. The Kier molecular flexibility index (Phi) is 6.22. The molecule has 32 heavy (non-hydrogen) atoms. The van der Waals surface area contributed by atoms with Crippen LogP contribution in [0, 0.1) is 10.1 Å². The lowest BCUT2D eigenvalue weighted by Crippen LogP contribution is -2.47. The standard InChI is InChI=1S/C21H26N4O6S/c1-22-9-11-24(12-10-22)32(28,29)17-7-8-18(19(13-17)25(26)27)23(2)14-16-15-30-20-5-3-4-6-21(20)31-16/h3-8,13,16H,9-12,14-15H2,1-2H3/t16-/m1/s1. The van der Waals surface area contributed by atoms with E-state index in [-0.39, 0.29) is 16.7 Å². The number of nitro benzene ring substituents is 1. The zero-order valence-corrected chi connectivity index (χ0v) is 18.8. The molecule has 0 amide bonds. The molecule has 1 atom stereocenters. The molecule has 1 saturated heterocycles. The van der Waals surface area contributed by atoms with E-state index in [2.05, 4.69) is 0 Å². The third kappa shape index (κ3) is 4.50. The van der Waals surface area contributed by atoms with Crippen molar-refractivity contribution in [1.82, 2.24) is 9.21 Å². The Morgan fingerprint density at radius 3 is 2.50 bits per heavy atom. The Morgan fingerprint density at radius 1 is 1.12 bits per heavy atom. The highest BCUT2D eigenvalue weighted by atomic mass is 32.2. The first kappa shape index (κ1) is 22.3. The highest BCUT2D eigenvalue weighted by Crippen LogP contribution is 2.34. The first-order valence-corrected chi connectivity index (χ1v) is 11.8. The number of hydrogen-bond donors (Lipinski definition) is 0. The van der Waals surface area contributed by atoms with Gasteiger partial charge in [0.15, 0.2) is 17.6 Å². The molecule has 172 valence electrons. The number of rotatable bonds is 6. The third-order valence-electron chi connectivity index (χ3n) is 5.70. The molecule has 0 aliphatic carbocycles. The number of nitro groups is 1. The van der Waals surface area contributed by atoms with Crippen LogP contribution in [-0.4, -0.2) is 82.1 Å². The number of ether oxygens (including phenoxy) is 2. The lowest BCUT2D eigenvalue weighted by atomic mass is 10.2. The van der Waals surface area contributed by atoms with E-state index in [4.69, 9.17) is 9.47 Å². The minimum Gasteiger partial charge on any atom is -0.486 e. The van der Waals surface area contributed by atoms with Crippen molar-refractivity contribution >= 4 is 21.4 Å². The van der Waals surface area contributed by atoms with Gasteiger partial charge in [-0.1, -0.05) is 12.1 Å². The number of para-hydroxylation sites is 2. The zero-order valence-electron chi connectivity index (χ0n) is 18.0. The van der Waals surface area contributed by atoms with Crippen molar-refractivity contribution in [2.75, 3.05) is 58.3 Å². The quantitative estimate of drug-likeness (QED) is 0.473. The van der Waals surface area contributed by atoms with Gasteiger partial charge in [0, 0.05) is 39.3 Å². The summed E-state index contributed by atoms with van der Waals surface area (Å²) in [4.78, 5) is 14.9. The summed E-state index contributed by atoms with van der Waals surface area (Å²) in [6.45, 7) is 2.60. The van der Waals surface area contributed by atoms with Crippen molar-refractivity contribution < 1.29 is 22.8 Å². The fourth-order valence-corrected chi connectivity index (χ4v) is 5.31. The maximum atomic E-state index is 13.0. The average Bonchev–Trinajstić information content (AvgIpc) is 2.78. The normalized spacial score (nSPS) is 19.5. The summed E-state index contributed by atoms with van der Waals surface area (Å²) in [6.07, 6.45) is -0.330. The lowest BCUT2D eigenvalue weighted by molar-refractivity contribution is -0.384. The van der Waals surface area contributed by atoms with Crippen LogP contribution < -0.4 is 14.4 Å². The molecule has 2 aliphatic rings. The Bertz CT molecular complexity index is 1100. The number of anilines is 1. The highest BCUT2D eigenvalue weighted by molar-refractivity contribution is 7.89. The molecule has 0 spiro atoms. The summed E-state index contributed by atoms with van der Waals surface area (Å²) in [5.74, 6) is 1.29. The van der Waals surface area contributed by atoms with Crippen LogP contribution in [0.1, 0.15) is 0 Å². The molecular formula is C21H26N4O6S. The molecule has 2 aliphatic heterocycles. The van der Waals surface area contributed by atoms with E-state index < -0.39 is 14.9 Å². The van der Waals surface area contributed by atoms with Crippen LogP contribution in [-0.2, 0) is 10.0 Å². The predicted octanol–water partition coefficient (Wildman–Crippen LogP) is 1.81. The van der Waals surface area contributed by atoms with Crippen LogP contribution in [0.5, 0.6) is 11.5 Å². The lowest BCUT2D eigenvalue weighted by Gasteiger charge is -2.32. The number of likely N-dealkylation sites (N-methyl/N-ethyl adjacent to an activating group) is 2. The smallest absolute Gasteiger partial charge is 0.293 e. The largest absolute Gasteiger partial charge is 0.486 e. The van der Waals surface area contributed by atoms with Crippen LogP contribution in [0.25, 0.3) is 0 Å². The SMILES string of the molecule is CN1CCN(S(=O)(=O)c2ccc(N(C)C[C@@H]3COc4ccccc4O3)c([N+](=O)[O-])c2)CC1. The summed E-state index contributed by atoms with van der Waals surface area (Å²) in [7, 11) is -0.167. The van der Waals surface area contributed by atoms with Crippen molar-refractivity contribution in [2.24, 2.45) is 0 Å². The third-order valence-corrected chi connectivity index (χ3v) is 7.59. The first-order valence-electron chi connectivity index (χ1n) is 10.3. The van der Waals surface area contributed by atoms with E-state index in [1.807, 2.05) is 36.2 Å². The second kappa shape index (κ2) is 8.93. The van der Waals surface area contributed by atoms with E-state index in [1.54, 1.807) is 11.9 Å². The Labute approximate surface area is 187 Å². The number of sulfonamides is 1. The van der Waals surface area contributed by atoms with Gasteiger partial charge < -0.3 is 19.3 Å². The fourth-order valence-electron chi connectivity index (χ4n) is 3.87. The van der Waals surface area contributed by atoms with E-state index in [0.717, 1.165) is 6.07 Å². The number of piperazine rings is 1. The monoisotopic (exact) mass is 462 g/mol. The second-order valence-electron chi connectivity index (χ2n) is 7.99. The summed E-state index contributed by atoms with van der Waals surface area (Å²) >= 11 is 0. The molecule has 0 saturated carbocycles. The maximum absolute atomic E-state index is 13.0. The summed E-state index contributed by atoms with van der Waals surface area (Å²) < 4.78 is 39.1. The van der Waals surface area contributed by atoms with Gasteiger partial charge in [0.1, 0.15) is 12.3 Å². The predicted molar refractivity (Wildman–Crippen MR) is 119 cm³/mol. The van der Waals surface area contributed by atoms with Crippen LogP contribution >= 0.6 is 0 Å². The first-order chi connectivity index (χ1) is 15.3. The van der Waals surface area contributed by atoms with Crippen molar-refractivity contribution in [3.63, 3.8) is 0 Å². The van der Waals surface area contributed by atoms with E-state index >= 15 is 0 Å². The molecule has 0 N–H and O–H groups in total. The molecule has 0 aromatic heterocycles. The average molecular weight is 463 g/mol. The summed E-state index contributed by atoms with van der Waals surface area (Å²) in [5.41, 5.74) is 0.0506. The van der Waals surface area contributed by atoms with Crippen molar-refractivity contribution in [3.8, 4) is 11.5 Å². The van der Waals surface area contributed by atoms with Crippen LogP contribution in [0.4, 0.5) is 11.4 Å². The molecule has 10 nitrogen and oxygen atoms in total. The van der Waals surface area contributed by atoms with Gasteiger partial charge in [0.05, 0.1) is 16.4 Å².